The van der Waals surface area contributed by atoms with Gasteiger partial charge in [0.05, 0.1) is 17.1 Å². The van der Waals surface area contributed by atoms with Crippen LogP contribution in [0, 0.1) is 25.6 Å². The molecule has 0 aliphatic rings. The standard InChI is InChI=1S/C26H26FN5OS/c1-16(2)25(33)29-26(34)28-24-15-22(30-32(24)19-10-6-5-7-11-19)20-14-17(3)31(18(20)4)23-13-9-8-12-21(23)27/h5-16H,1-4H3,(H2,28,29,33,34). The maximum absolute atomic E-state index is 14.5. The zero-order valence-electron chi connectivity index (χ0n) is 19.5. The predicted molar refractivity (Wildman–Crippen MR) is 137 cm³/mol. The van der Waals surface area contributed by atoms with E-state index in [1.807, 2.05) is 66.9 Å². The fraction of sp³-hybridized carbons (Fsp3) is 0.192. The average molecular weight is 476 g/mol. The van der Waals surface area contributed by atoms with E-state index in [1.165, 1.54) is 6.07 Å². The number of benzene rings is 2. The molecule has 2 N–H and O–H groups in total. The lowest BCUT2D eigenvalue weighted by Crippen LogP contribution is -2.37. The molecular weight excluding hydrogens is 449 g/mol. The number of carbonyl (C=O) groups is 1. The van der Waals surface area contributed by atoms with Crippen LogP contribution in [0.2, 0.25) is 0 Å². The summed E-state index contributed by atoms with van der Waals surface area (Å²) in [6, 6.07) is 20.2. The van der Waals surface area contributed by atoms with Crippen molar-refractivity contribution in [2.45, 2.75) is 27.7 Å². The van der Waals surface area contributed by atoms with E-state index in [4.69, 9.17) is 17.3 Å². The van der Waals surface area contributed by atoms with Gasteiger partial charge in [-0.2, -0.15) is 5.10 Å². The second-order valence-electron chi connectivity index (χ2n) is 8.33. The largest absolute Gasteiger partial charge is 0.317 e. The number of anilines is 1. The average Bonchev–Trinajstić information content (AvgIpc) is 3.35. The minimum Gasteiger partial charge on any atom is -0.317 e. The first-order chi connectivity index (χ1) is 16.3. The van der Waals surface area contributed by atoms with Crippen molar-refractivity contribution in [2.24, 2.45) is 5.92 Å². The number of hydrogen-bond acceptors (Lipinski definition) is 3. The predicted octanol–water partition coefficient (Wildman–Crippen LogP) is 5.55. The third-order valence-electron chi connectivity index (χ3n) is 5.51. The lowest BCUT2D eigenvalue weighted by molar-refractivity contribution is -0.122. The van der Waals surface area contributed by atoms with Crippen molar-refractivity contribution < 1.29 is 9.18 Å². The first kappa shape index (κ1) is 23.4. The summed E-state index contributed by atoms with van der Waals surface area (Å²) in [5.41, 5.74) is 4.64. The van der Waals surface area contributed by atoms with Gasteiger partial charge in [-0.05, 0) is 56.4 Å². The van der Waals surface area contributed by atoms with Gasteiger partial charge in [-0.3, -0.25) is 4.79 Å². The number of aryl methyl sites for hydroxylation is 1. The first-order valence-corrected chi connectivity index (χ1v) is 11.4. The molecule has 0 fully saturated rings. The Hall–Kier alpha value is -3.78. The maximum Gasteiger partial charge on any atom is 0.228 e. The molecule has 1 amide bonds. The lowest BCUT2D eigenvalue weighted by Gasteiger charge is -2.12. The summed E-state index contributed by atoms with van der Waals surface area (Å²) in [5, 5.41) is 10.8. The zero-order valence-corrected chi connectivity index (χ0v) is 20.3. The van der Waals surface area contributed by atoms with Crippen molar-refractivity contribution in [3.05, 3.63) is 83.9 Å². The molecule has 34 heavy (non-hydrogen) atoms. The molecule has 8 heteroatoms. The Kier molecular flexibility index (Phi) is 6.61. The van der Waals surface area contributed by atoms with Crippen LogP contribution in [0.15, 0.2) is 66.7 Å². The number of halogens is 1. The molecule has 0 bridgehead atoms. The highest BCUT2D eigenvalue weighted by Gasteiger charge is 2.19. The first-order valence-electron chi connectivity index (χ1n) is 11.0. The Morgan fingerprint density at radius 2 is 1.71 bits per heavy atom. The van der Waals surface area contributed by atoms with E-state index in [1.54, 1.807) is 30.7 Å². The minimum atomic E-state index is -0.292. The molecule has 0 radical (unpaired) electrons. The summed E-state index contributed by atoms with van der Waals surface area (Å²) in [4.78, 5) is 12.1. The summed E-state index contributed by atoms with van der Waals surface area (Å²) in [7, 11) is 0. The van der Waals surface area contributed by atoms with Crippen molar-refractivity contribution in [3.63, 3.8) is 0 Å². The molecule has 0 aliphatic heterocycles. The second-order valence-corrected chi connectivity index (χ2v) is 8.74. The smallest absolute Gasteiger partial charge is 0.228 e. The maximum atomic E-state index is 14.5. The molecule has 174 valence electrons. The fourth-order valence-corrected chi connectivity index (χ4v) is 4.00. The van der Waals surface area contributed by atoms with Gasteiger partial charge in [0.2, 0.25) is 5.91 Å². The molecule has 6 nitrogen and oxygen atoms in total. The summed E-state index contributed by atoms with van der Waals surface area (Å²) < 4.78 is 18.2. The number of amides is 1. The summed E-state index contributed by atoms with van der Waals surface area (Å²) in [5.74, 6) is -0.0553. The van der Waals surface area contributed by atoms with Crippen LogP contribution in [-0.4, -0.2) is 25.4 Å². The molecule has 2 aromatic heterocycles. The fourth-order valence-electron chi connectivity index (χ4n) is 3.80. The van der Waals surface area contributed by atoms with Gasteiger partial charge in [0.15, 0.2) is 5.11 Å². The number of rotatable bonds is 5. The molecule has 2 heterocycles. The number of thiocarbonyl (C=S) groups is 1. The summed E-state index contributed by atoms with van der Waals surface area (Å²) >= 11 is 5.37. The van der Waals surface area contributed by atoms with Crippen molar-refractivity contribution in [1.29, 1.82) is 0 Å². The third kappa shape index (κ3) is 4.63. The van der Waals surface area contributed by atoms with Gasteiger partial charge in [0.25, 0.3) is 0 Å². The van der Waals surface area contributed by atoms with E-state index < -0.39 is 0 Å². The van der Waals surface area contributed by atoms with Crippen LogP contribution in [0.1, 0.15) is 25.2 Å². The summed E-state index contributed by atoms with van der Waals surface area (Å²) in [6.07, 6.45) is 0. The number of nitrogens with one attached hydrogen (secondary N) is 2. The monoisotopic (exact) mass is 475 g/mol. The van der Waals surface area contributed by atoms with Crippen LogP contribution in [-0.2, 0) is 4.79 Å². The van der Waals surface area contributed by atoms with E-state index in [0.29, 0.717) is 17.2 Å². The Balaban J connectivity index is 1.77. The highest BCUT2D eigenvalue weighted by molar-refractivity contribution is 7.80. The van der Waals surface area contributed by atoms with Crippen molar-refractivity contribution in [1.82, 2.24) is 19.7 Å². The van der Waals surface area contributed by atoms with Gasteiger partial charge >= 0.3 is 0 Å². The number of aromatic nitrogens is 3. The molecule has 0 saturated heterocycles. The van der Waals surface area contributed by atoms with Gasteiger partial charge in [0, 0.05) is 28.9 Å². The van der Waals surface area contributed by atoms with Crippen LogP contribution in [0.5, 0.6) is 0 Å². The molecular formula is C26H26FN5OS. The highest BCUT2D eigenvalue weighted by atomic mass is 32.1. The molecule has 0 unspecified atom stereocenters. The van der Waals surface area contributed by atoms with Gasteiger partial charge in [-0.15, -0.1) is 0 Å². The molecule has 0 spiro atoms. The van der Waals surface area contributed by atoms with Crippen molar-refractivity contribution in [3.8, 4) is 22.6 Å². The Labute approximate surface area is 203 Å². The molecule has 2 aromatic carbocycles. The molecule has 4 rings (SSSR count). The second kappa shape index (κ2) is 9.61. The van der Waals surface area contributed by atoms with Gasteiger partial charge < -0.3 is 15.2 Å². The van der Waals surface area contributed by atoms with Crippen LogP contribution in [0.4, 0.5) is 10.2 Å². The Morgan fingerprint density at radius 3 is 2.38 bits per heavy atom. The van der Waals surface area contributed by atoms with Crippen LogP contribution >= 0.6 is 12.2 Å². The Morgan fingerprint density at radius 1 is 1.03 bits per heavy atom. The van der Waals surface area contributed by atoms with Crippen LogP contribution < -0.4 is 10.6 Å². The van der Waals surface area contributed by atoms with E-state index in [2.05, 4.69) is 10.6 Å². The van der Waals surface area contributed by atoms with Gasteiger partial charge in [-0.1, -0.05) is 44.2 Å². The van der Waals surface area contributed by atoms with Crippen molar-refractivity contribution in [2.75, 3.05) is 5.32 Å². The van der Waals surface area contributed by atoms with Crippen LogP contribution in [0.3, 0.4) is 0 Å². The highest BCUT2D eigenvalue weighted by Crippen LogP contribution is 2.32. The third-order valence-corrected chi connectivity index (χ3v) is 5.72. The molecule has 0 atom stereocenters. The van der Waals surface area contributed by atoms with Gasteiger partial charge in [-0.25, -0.2) is 9.07 Å². The number of hydrogen-bond donors (Lipinski definition) is 2. The zero-order chi connectivity index (χ0) is 24.4. The normalized spacial score (nSPS) is 11.0. The van der Waals surface area contributed by atoms with E-state index >= 15 is 0 Å². The van der Waals surface area contributed by atoms with E-state index in [-0.39, 0.29) is 22.8 Å². The van der Waals surface area contributed by atoms with E-state index in [0.717, 1.165) is 22.6 Å². The van der Waals surface area contributed by atoms with Crippen molar-refractivity contribution >= 4 is 29.1 Å². The Bertz CT molecular complexity index is 1360. The van der Waals surface area contributed by atoms with Crippen LogP contribution in [0.25, 0.3) is 22.6 Å². The number of para-hydroxylation sites is 2. The molecule has 0 saturated carbocycles. The SMILES string of the molecule is Cc1cc(-c2cc(NC(=S)NC(=O)C(C)C)n(-c3ccccc3)n2)c(C)n1-c1ccccc1F. The number of nitrogens with zero attached hydrogens (tertiary/aromatic N) is 3. The molecule has 4 aromatic rings. The topological polar surface area (TPSA) is 63.9 Å². The molecule has 0 aliphatic carbocycles. The number of carbonyl (C=O) groups excluding carboxylic acids is 1. The van der Waals surface area contributed by atoms with E-state index in [9.17, 15) is 9.18 Å². The lowest BCUT2D eigenvalue weighted by atomic mass is 10.2. The minimum absolute atomic E-state index is 0.170. The summed E-state index contributed by atoms with van der Waals surface area (Å²) in [6.45, 7) is 7.48. The van der Waals surface area contributed by atoms with Gasteiger partial charge in [0.1, 0.15) is 11.6 Å². The quantitative estimate of drug-likeness (QED) is 0.371.